The third-order valence-electron chi connectivity index (χ3n) is 3.65. The Labute approximate surface area is 144 Å². The lowest BCUT2D eigenvalue weighted by Crippen LogP contribution is -2.32. The Morgan fingerprint density at radius 3 is 2.56 bits per heavy atom. The highest BCUT2D eigenvalue weighted by molar-refractivity contribution is 8.00. The van der Waals surface area contributed by atoms with Crippen molar-refractivity contribution >= 4 is 34.6 Å². The Kier molecular flexibility index (Phi) is 4.51. The van der Waals surface area contributed by atoms with Crippen LogP contribution in [0.2, 0.25) is 0 Å². The van der Waals surface area contributed by atoms with Crippen LogP contribution in [0.15, 0.2) is 22.0 Å². The van der Waals surface area contributed by atoms with Gasteiger partial charge in [-0.05, 0) is 13.0 Å². The van der Waals surface area contributed by atoms with E-state index in [2.05, 4.69) is 0 Å². The van der Waals surface area contributed by atoms with E-state index in [1.165, 1.54) is 11.5 Å². The Morgan fingerprint density at radius 1 is 1.24 bits per heavy atom. The third-order valence-corrected chi connectivity index (χ3v) is 4.89. The van der Waals surface area contributed by atoms with Crippen molar-refractivity contribution < 1.29 is 27.8 Å². The van der Waals surface area contributed by atoms with E-state index in [1.54, 1.807) is 6.92 Å². The highest BCUT2D eigenvalue weighted by Gasteiger charge is 2.36. The summed E-state index contributed by atoms with van der Waals surface area (Å²) in [7, 11) is 0. The number of carbonyl (C=O) groups excluding carboxylic acids is 2. The second kappa shape index (κ2) is 6.47. The molecule has 0 aliphatic carbocycles. The molecule has 1 aromatic heterocycles. The van der Waals surface area contributed by atoms with Crippen LogP contribution in [0.5, 0.6) is 0 Å². The van der Waals surface area contributed by atoms with E-state index in [0.717, 1.165) is 23.9 Å². The van der Waals surface area contributed by atoms with E-state index in [-0.39, 0.29) is 34.7 Å². The fourth-order valence-electron chi connectivity index (χ4n) is 2.59. The summed E-state index contributed by atoms with van der Waals surface area (Å²) in [5.74, 6) is -3.64. The Hall–Kier alpha value is -2.42. The average Bonchev–Trinajstić information content (AvgIpc) is 2.51. The lowest BCUT2D eigenvalue weighted by Gasteiger charge is -2.34. The van der Waals surface area contributed by atoms with Crippen LogP contribution in [0.1, 0.15) is 29.6 Å². The summed E-state index contributed by atoms with van der Waals surface area (Å²) in [5.41, 5.74) is -0.829. The van der Waals surface area contributed by atoms with E-state index in [0.29, 0.717) is 0 Å². The molecular formula is C16H13F2NO5S. The molecule has 1 aliphatic rings. The number of thioether (sulfide) groups is 1. The lowest BCUT2D eigenvalue weighted by molar-refractivity contribution is -0.141. The lowest BCUT2D eigenvalue weighted by atomic mass is 10.1. The normalized spacial score (nSPS) is 15.4. The molecule has 6 nitrogen and oxygen atoms in total. The minimum Gasteiger partial charge on any atom is -0.463 e. The summed E-state index contributed by atoms with van der Waals surface area (Å²) in [6, 6.07) is 1.65. The minimum absolute atomic E-state index is 0.0355. The van der Waals surface area contributed by atoms with Crippen LogP contribution >= 0.6 is 11.8 Å². The smallest absolute Gasteiger partial charge is 0.344 e. The Bertz CT molecular complexity index is 956. The van der Waals surface area contributed by atoms with Crippen LogP contribution < -0.4 is 5.43 Å². The quantitative estimate of drug-likeness (QED) is 0.772. The molecule has 1 atom stereocenters. The molecule has 0 spiro atoms. The number of hydrogen-bond acceptors (Lipinski definition) is 6. The molecular weight excluding hydrogens is 356 g/mol. The maximum absolute atomic E-state index is 13.7. The Balaban J connectivity index is 2.23. The maximum Gasteiger partial charge on any atom is 0.344 e. The van der Waals surface area contributed by atoms with Crippen molar-refractivity contribution in [2.45, 2.75) is 24.2 Å². The van der Waals surface area contributed by atoms with Crippen molar-refractivity contribution in [2.24, 2.45) is 0 Å². The zero-order valence-corrected chi connectivity index (χ0v) is 14.1. The van der Waals surface area contributed by atoms with Gasteiger partial charge in [-0.3, -0.25) is 9.59 Å². The van der Waals surface area contributed by atoms with Gasteiger partial charge in [0.05, 0.1) is 17.1 Å². The summed E-state index contributed by atoms with van der Waals surface area (Å²) in [6.07, 6.45) is 0. The van der Waals surface area contributed by atoms with Gasteiger partial charge in [-0.2, -0.15) is 0 Å². The number of pyridine rings is 1. The molecule has 2 aromatic rings. The van der Waals surface area contributed by atoms with Crippen molar-refractivity contribution in [1.29, 1.82) is 0 Å². The second-order valence-electron chi connectivity index (χ2n) is 5.26. The Morgan fingerprint density at radius 2 is 1.92 bits per heavy atom. The van der Waals surface area contributed by atoms with Gasteiger partial charge in [0.25, 0.3) is 0 Å². The molecule has 0 saturated heterocycles. The molecule has 3 rings (SSSR count). The van der Waals surface area contributed by atoms with Gasteiger partial charge < -0.3 is 14.0 Å². The van der Waals surface area contributed by atoms with E-state index >= 15 is 0 Å². The zero-order chi connectivity index (χ0) is 18.3. The first-order valence-electron chi connectivity index (χ1n) is 7.39. The van der Waals surface area contributed by atoms with Gasteiger partial charge in [0.1, 0.15) is 17.5 Å². The fraction of sp³-hybridized carbons (Fsp3) is 0.312. The first-order valence-corrected chi connectivity index (χ1v) is 8.27. The first-order chi connectivity index (χ1) is 11.8. The number of rotatable bonds is 4. The molecule has 132 valence electrons. The van der Waals surface area contributed by atoms with E-state index in [1.807, 2.05) is 0 Å². The molecule has 1 aliphatic heterocycles. The van der Waals surface area contributed by atoms with Crippen LogP contribution in [-0.4, -0.2) is 29.7 Å². The van der Waals surface area contributed by atoms with Crippen LogP contribution in [0.25, 0.3) is 10.9 Å². The largest absolute Gasteiger partial charge is 0.463 e. The molecule has 0 saturated carbocycles. The molecule has 2 heterocycles. The summed E-state index contributed by atoms with van der Waals surface area (Å²) < 4.78 is 38.6. The summed E-state index contributed by atoms with van der Waals surface area (Å²) in [5, 5.41) is -0.321. The third kappa shape index (κ3) is 2.88. The van der Waals surface area contributed by atoms with E-state index < -0.39 is 34.4 Å². The average molecular weight is 369 g/mol. The van der Waals surface area contributed by atoms with Crippen molar-refractivity contribution in [3.63, 3.8) is 0 Å². The SMILES string of the molecule is CCOC(=O)c1c2n(c3cc(F)c(F)cc3c1=O)C(COC(C)=O)S2. The first kappa shape index (κ1) is 17.4. The highest BCUT2D eigenvalue weighted by Crippen LogP contribution is 2.47. The number of ether oxygens (including phenoxy) is 2. The number of aromatic nitrogens is 1. The molecule has 0 N–H and O–H groups in total. The topological polar surface area (TPSA) is 74.6 Å². The van der Waals surface area contributed by atoms with Gasteiger partial charge in [-0.1, -0.05) is 11.8 Å². The minimum atomic E-state index is -1.19. The van der Waals surface area contributed by atoms with E-state index in [4.69, 9.17) is 9.47 Å². The van der Waals surface area contributed by atoms with Gasteiger partial charge in [0, 0.05) is 18.4 Å². The predicted octanol–water partition coefficient (Wildman–Crippen LogP) is 2.62. The van der Waals surface area contributed by atoms with Crippen LogP contribution in [0.3, 0.4) is 0 Å². The molecule has 25 heavy (non-hydrogen) atoms. The van der Waals surface area contributed by atoms with Gasteiger partial charge in [-0.25, -0.2) is 13.6 Å². The molecule has 0 radical (unpaired) electrons. The van der Waals surface area contributed by atoms with Gasteiger partial charge in [-0.15, -0.1) is 0 Å². The summed E-state index contributed by atoms with van der Waals surface area (Å²) in [6.45, 7) is 2.86. The predicted molar refractivity (Wildman–Crippen MR) is 85.6 cm³/mol. The summed E-state index contributed by atoms with van der Waals surface area (Å²) >= 11 is 1.13. The van der Waals surface area contributed by atoms with Crippen LogP contribution in [0.4, 0.5) is 8.78 Å². The number of hydrogen-bond donors (Lipinski definition) is 0. The number of fused-ring (bicyclic) bond motifs is 3. The van der Waals surface area contributed by atoms with Crippen molar-refractivity contribution in [2.75, 3.05) is 13.2 Å². The molecule has 1 unspecified atom stereocenters. The van der Waals surface area contributed by atoms with Crippen molar-refractivity contribution in [3.8, 4) is 0 Å². The van der Waals surface area contributed by atoms with Crippen LogP contribution in [0, 0.1) is 11.6 Å². The number of halogens is 2. The molecule has 9 heteroatoms. The maximum atomic E-state index is 13.7. The standard InChI is InChI=1S/C16H13F2NO5S/c1-3-23-16(22)13-14(21)8-4-9(17)10(18)5-11(8)19-12(25-15(13)19)6-24-7(2)20/h4-5,12H,3,6H2,1-2H3. The number of carbonyl (C=O) groups is 2. The molecule has 1 aromatic carbocycles. The van der Waals surface area contributed by atoms with Gasteiger partial charge >= 0.3 is 11.9 Å². The molecule has 0 bridgehead atoms. The number of benzene rings is 1. The second-order valence-corrected chi connectivity index (χ2v) is 6.42. The molecule has 0 fully saturated rings. The van der Waals surface area contributed by atoms with Crippen molar-refractivity contribution in [3.05, 3.63) is 39.6 Å². The van der Waals surface area contributed by atoms with Crippen molar-refractivity contribution in [1.82, 2.24) is 4.57 Å². The monoisotopic (exact) mass is 369 g/mol. The van der Waals surface area contributed by atoms with Crippen LogP contribution in [-0.2, 0) is 14.3 Å². The molecule has 0 amide bonds. The number of nitrogens with zero attached hydrogens (tertiary/aromatic N) is 1. The highest BCUT2D eigenvalue weighted by atomic mass is 32.2. The number of esters is 2. The zero-order valence-electron chi connectivity index (χ0n) is 13.3. The summed E-state index contributed by atoms with van der Waals surface area (Å²) in [4.78, 5) is 35.7. The van der Waals surface area contributed by atoms with E-state index in [9.17, 15) is 23.2 Å². The van der Waals surface area contributed by atoms with Gasteiger partial charge in [0.15, 0.2) is 11.6 Å². The fourth-order valence-corrected chi connectivity index (χ4v) is 3.78. The van der Waals surface area contributed by atoms with Gasteiger partial charge in [0.2, 0.25) is 5.43 Å².